The van der Waals surface area contributed by atoms with Crippen molar-refractivity contribution in [2.24, 2.45) is 0 Å². The molecule has 0 N–H and O–H groups in total. The lowest BCUT2D eigenvalue weighted by atomic mass is 9.91. The second kappa shape index (κ2) is 11.0. The fourth-order valence-corrected chi connectivity index (χ4v) is 9.44. The highest BCUT2D eigenvalue weighted by atomic mass is 32.1. The van der Waals surface area contributed by atoms with Gasteiger partial charge in [0.15, 0.2) is 5.82 Å². The molecule has 11 rings (SSSR count). The van der Waals surface area contributed by atoms with Gasteiger partial charge in [-0.15, -0.1) is 11.3 Å². The first-order valence-electron chi connectivity index (χ1n) is 17.3. The minimum absolute atomic E-state index is 0.741. The van der Waals surface area contributed by atoms with Crippen molar-refractivity contribution >= 4 is 85.5 Å². The molecule has 0 saturated heterocycles. The SMILES string of the molecule is c1ccc(-c2cccc(-c3nc(-c4cc5c6ccccc6c6ccccc6c5c5sc6ccccc6c45)nc4ccc5ccccc5c34)c2)cc1. The van der Waals surface area contributed by atoms with Gasteiger partial charge in [0.2, 0.25) is 0 Å². The molecule has 0 aliphatic carbocycles. The van der Waals surface area contributed by atoms with Gasteiger partial charge in [-0.05, 0) is 73.1 Å². The molecule has 0 saturated carbocycles. The fourth-order valence-electron chi connectivity index (χ4n) is 8.15. The van der Waals surface area contributed by atoms with E-state index in [2.05, 4.69) is 170 Å². The summed E-state index contributed by atoms with van der Waals surface area (Å²) in [5, 5.41) is 13.5. The fraction of sp³-hybridized carbons (Fsp3) is 0. The second-order valence-electron chi connectivity index (χ2n) is 13.3. The van der Waals surface area contributed by atoms with Crippen LogP contribution in [-0.4, -0.2) is 9.97 Å². The van der Waals surface area contributed by atoms with Crippen LogP contribution in [-0.2, 0) is 0 Å². The third-order valence-electron chi connectivity index (χ3n) is 10.4. The van der Waals surface area contributed by atoms with Gasteiger partial charge in [0, 0.05) is 42.1 Å². The van der Waals surface area contributed by atoms with E-state index in [0.29, 0.717) is 0 Å². The number of nitrogens with zero attached hydrogens (tertiary/aromatic N) is 2. The van der Waals surface area contributed by atoms with Gasteiger partial charge in [0.25, 0.3) is 0 Å². The lowest BCUT2D eigenvalue weighted by Gasteiger charge is -2.16. The van der Waals surface area contributed by atoms with E-state index in [0.717, 1.165) is 44.5 Å². The highest BCUT2D eigenvalue weighted by Crippen LogP contribution is 2.48. The summed E-state index contributed by atoms with van der Waals surface area (Å²) in [6.45, 7) is 0. The van der Waals surface area contributed by atoms with Gasteiger partial charge in [-0.3, -0.25) is 0 Å². The standard InChI is InChI=1S/C48H28N2S/c1-2-13-29(14-3-1)31-16-12-17-32(27-31)46-45-33-18-5-4-15-30(33)25-26-41(45)49-48(50-46)40-28-39-36-21-7-6-19-34(36)35-20-8-9-22-37(35)43(39)47-44(40)38-23-10-11-24-42(38)51-47/h1-28H. The molecule has 11 aromatic rings. The molecule has 2 heterocycles. The summed E-state index contributed by atoms with van der Waals surface area (Å²) in [4.78, 5) is 11.0. The van der Waals surface area contributed by atoms with E-state index in [1.807, 2.05) is 11.3 Å². The normalized spacial score (nSPS) is 11.9. The zero-order valence-electron chi connectivity index (χ0n) is 27.5. The minimum Gasteiger partial charge on any atom is -0.228 e. The van der Waals surface area contributed by atoms with Gasteiger partial charge in [0.05, 0.1) is 11.2 Å². The van der Waals surface area contributed by atoms with Crippen molar-refractivity contribution in [3.05, 3.63) is 170 Å². The molecule has 0 spiro atoms. The number of thiophene rings is 1. The maximum Gasteiger partial charge on any atom is 0.161 e. The predicted molar refractivity (Wildman–Crippen MR) is 219 cm³/mol. The molecule has 0 fully saturated rings. The monoisotopic (exact) mass is 664 g/mol. The molecular formula is C48H28N2S. The Morgan fingerprint density at radius 2 is 1.00 bits per heavy atom. The van der Waals surface area contributed by atoms with E-state index in [1.165, 1.54) is 63.4 Å². The molecule has 0 atom stereocenters. The molecule has 2 nitrogen and oxygen atoms in total. The first kappa shape index (κ1) is 28.4. The Hall–Kier alpha value is -6.42. The van der Waals surface area contributed by atoms with Crippen molar-refractivity contribution in [3.63, 3.8) is 0 Å². The number of hydrogen-bond acceptors (Lipinski definition) is 3. The lowest BCUT2D eigenvalue weighted by Crippen LogP contribution is -1.97. The van der Waals surface area contributed by atoms with Crippen LogP contribution < -0.4 is 0 Å². The second-order valence-corrected chi connectivity index (χ2v) is 14.3. The number of fused-ring (bicyclic) bond motifs is 13. The molecular weight excluding hydrogens is 637 g/mol. The first-order chi connectivity index (χ1) is 25.3. The average molecular weight is 665 g/mol. The Balaban J connectivity index is 1.30. The summed E-state index contributed by atoms with van der Waals surface area (Å²) in [5.41, 5.74) is 6.37. The van der Waals surface area contributed by atoms with E-state index >= 15 is 0 Å². The van der Waals surface area contributed by atoms with E-state index in [-0.39, 0.29) is 0 Å². The summed E-state index contributed by atoms with van der Waals surface area (Å²) in [6.07, 6.45) is 0. The summed E-state index contributed by atoms with van der Waals surface area (Å²) >= 11 is 1.87. The number of benzene rings is 9. The summed E-state index contributed by atoms with van der Waals surface area (Å²) in [6, 6.07) is 61.1. The van der Waals surface area contributed by atoms with Gasteiger partial charge < -0.3 is 0 Å². The molecule has 0 radical (unpaired) electrons. The highest BCUT2D eigenvalue weighted by Gasteiger charge is 2.22. The Kier molecular flexibility index (Phi) is 6.16. The van der Waals surface area contributed by atoms with Gasteiger partial charge in [-0.25, -0.2) is 9.97 Å². The number of rotatable bonds is 3. The van der Waals surface area contributed by atoms with E-state index in [1.54, 1.807) is 0 Å². The highest BCUT2D eigenvalue weighted by molar-refractivity contribution is 7.27. The Bertz CT molecular complexity index is 3190. The Morgan fingerprint density at radius 3 is 1.82 bits per heavy atom. The Labute approximate surface area is 297 Å². The van der Waals surface area contributed by atoms with Crippen molar-refractivity contribution in [1.82, 2.24) is 9.97 Å². The quantitative estimate of drug-likeness (QED) is 0.176. The lowest BCUT2D eigenvalue weighted by molar-refractivity contribution is 1.24. The summed E-state index contributed by atoms with van der Waals surface area (Å²) in [5.74, 6) is 0.741. The molecule has 0 aliphatic rings. The van der Waals surface area contributed by atoms with Crippen LogP contribution in [0.4, 0.5) is 0 Å². The Morgan fingerprint density at radius 1 is 0.373 bits per heavy atom. The third kappa shape index (κ3) is 4.29. The van der Waals surface area contributed by atoms with Crippen LogP contribution >= 0.6 is 11.3 Å². The van der Waals surface area contributed by atoms with Crippen LogP contribution in [0.3, 0.4) is 0 Å². The van der Waals surface area contributed by atoms with Crippen molar-refractivity contribution in [1.29, 1.82) is 0 Å². The molecule has 236 valence electrons. The van der Waals surface area contributed by atoms with Crippen LogP contribution in [0, 0.1) is 0 Å². The zero-order valence-corrected chi connectivity index (χ0v) is 28.3. The largest absolute Gasteiger partial charge is 0.228 e. The van der Waals surface area contributed by atoms with Crippen LogP contribution in [0.25, 0.3) is 108 Å². The van der Waals surface area contributed by atoms with Gasteiger partial charge in [-0.2, -0.15) is 0 Å². The van der Waals surface area contributed by atoms with Crippen LogP contribution in [0.15, 0.2) is 170 Å². The van der Waals surface area contributed by atoms with Crippen molar-refractivity contribution in [2.75, 3.05) is 0 Å². The maximum absolute atomic E-state index is 5.61. The molecule has 9 aromatic carbocycles. The maximum atomic E-state index is 5.61. The van der Waals surface area contributed by atoms with Crippen molar-refractivity contribution < 1.29 is 0 Å². The van der Waals surface area contributed by atoms with Crippen molar-refractivity contribution in [3.8, 4) is 33.8 Å². The first-order valence-corrected chi connectivity index (χ1v) is 18.1. The van der Waals surface area contributed by atoms with Gasteiger partial charge >= 0.3 is 0 Å². The molecule has 0 bridgehead atoms. The van der Waals surface area contributed by atoms with Crippen molar-refractivity contribution in [2.45, 2.75) is 0 Å². The summed E-state index contributed by atoms with van der Waals surface area (Å²) < 4.78 is 2.54. The zero-order chi connectivity index (χ0) is 33.5. The molecule has 0 unspecified atom stereocenters. The molecule has 0 aliphatic heterocycles. The third-order valence-corrected chi connectivity index (χ3v) is 11.6. The summed E-state index contributed by atoms with van der Waals surface area (Å²) in [7, 11) is 0. The molecule has 0 amide bonds. The predicted octanol–water partition coefficient (Wildman–Crippen LogP) is 13.6. The smallest absolute Gasteiger partial charge is 0.161 e. The van der Waals surface area contributed by atoms with Crippen LogP contribution in [0.1, 0.15) is 0 Å². The molecule has 51 heavy (non-hydrogen) atoms. The van der Waals surface area contributed by atoms with Gasteiger partial charge in [0.1, 0.15) is 0 Å². The van der Waals surface area contributed by atoms with Gasteiger partial charge in [-0.1, -0.05) is 146 Å². The average Bonchev–Trinajstić information content (AvgIpc) is 3.60. The topological polar surface area (TPSA) is 25.8 Å². The number of aromatic nitrogens is 2. The van der Waals surface area contributed by atoms with E-state index in [9.17, 15) is 0 Å². The van der Waals surface area contributed by atoms with E-state index < -0.39 is 0 Å². The van der Waals surface area contributed by atoms with Crippen LogP contribution in [0.2, 0.25) is 0 Å². The molecule has 3 heteroatoms. The van der Waals surface area contributed by atoms with Crippen LogP contribution in [0.5, 0.6) is 0 Å². The number of hydrogen-bond donors (Lipinski definition) is 0. The minimum atomic E-state index is 0.741. The van der Waals surface area contributed by atoms with E-state index in [4.69, 9.17) is 9.97 Å². The molecule has 2 aromatic heterocycles.